The summed E-state index contributed by atoms with van der Waals surface area (Å²) in [5.41, 5.74) is 0.194. The number of carbonyl (C=O) groups is 2. The number of hydrogen-bond acceptors (Lipinski definition) is 6. The third kappa shape index (κ3) is 5.22. The van der Waals surface area contributed by atoms with Crippen LogP contribution >= 0.6 is 0 Å². The molecule has 30 heavy (non-hydrogen) atoms. The van der Waals surface area contributed by atoms with Crippen molar-refractivity contribution in [2.45, 2.75) is 19.8 Å². The van der Waals surface area contributed by atoms with Gasteiger partial charge in [-0.3, -0.25) is 14.6 Å². The molecule has 0 fully saturated rings. The highest BCUT2D eigenvalue weighted by molar-refractivity contribution is 5.94. The molecular weight excluding hydrogens is 396 g/mol. The van der Waals surface area contributed by atoms with Crippen molar-refractivity contribution in [3.63, 3.8) is 0 Å². The number of pyridine rings is 1. The molecule has 2 aromatic heterocycles. The fraction of sp³-hybridized carbons (Fsp3) is 0.250. The van der Waals surface area contributed by atoms with Crippen molar-refractivity contribution in [3.8, 4) is 11.4 Å². The summed E-state index contributed by atoms with van der Waals surface area (Å²) in [7, 11) is 0. The Morgan fingerprint density at radius 1 is 1.13 bits per heavy atom. The number of anilines is 1. The van der Waals surface area contributed by atoms with Crippen LogP contribution in [0.2, 0.25) is 0 Å². The van der Waals surface area contributed by atoms with Crippen LogP contribution in [0.4, 0.5) is 14.5 Å². The Morgan fingerprint density at radius 3 is 2.50 bits per heavy atom. The number of nitrogens with one attached hydrogen (secondary N) is 1. The zero-order chi connectivity index (χ0) is 21.5. The first kappa shape index (κ1) is 21.0. The number of benzene rings is 1. The van der Waals surface area contributed by atoms with Gasteiger partial charge in [0.15, 0.2) is 0 Å². The van der Waals surface area contributed by atoms with Gasteiger partial charge < -0.3 is 14.7 Å². The number of hydrogen-bond donors (Lipinski definition) is 1. The minimum absolute atomic E-state index is 0.0349. The molecule has 0 spiro atoms. The zero-order valence-electron chi connectivity index (χ0n) is 16.1. The van der Waals surface area contributed by atoms with Gasteiger partial charge in [0.1, 0.15) is 17.3 Å². The van der Waals surface area contributed by atoms with Crippen molar-refractivity contribution >= 4 is 17.5 Å². The van der Waals surface area contributed by atoms with Crippen molar-refractivity contribution in [2.75, 3.05) is 18.4 Å². The van der Waals surface area contributed by atoms with E-state index < -0.39 is 23.2 Å². The largest absolute Gasteiger partial charge is 0.339 e. The third-order valence-corrected chi connectivity index (χ3v) is 4.26. The molecule has 156 valence electrons. The Balaban J connectivity index is 1.55. The Hall–Kier alpha value is -3.69. The van der Waals surface area contributed by atoms with E-state index >= 15 is 0 Å². The van der Waals surface area contributed by atoms with Gasteiger partial charge in [-0.05, 0) is 31.2 Å². The van der Waals surface area contributed by atoms with Gasteiger partial charge in [0.05, 0.1) is 6.54 Å². The SMILES string of the molecule is CCN(CC(=O)Nc1c(F)cccc1F)C(=O)CCc1nc(-c2ccncc2)no1. The summed E-state index contributed by atoms with van der Waals surface area (Å²) < 4.78 is 32.5. The Bertz CT molecular complexity index is 1010. The molecule has 2 heterocycles. The Kier molecular flexibility index (Phi) is 6.79. The summed E-state index contributed by atoms with van der Waals surface area (Å²) in [6.45, 7) is 1.61. The van der Waals surface area contributed by atoms with E-state index in [1.807, 2.05) is 0 Å². The number of carbonyl (C=O) groups excluding carboxylic acids is 2. The second kappa shape index (κ2) is 9.68. The number of likely N-dealkylation sites (N-methyl/N-ethyl adjacent to an activating group) is 1. The molecule has 0 unspecified atom stereocenters. The van der Waals surface area contributed by atoms with E-state index in [1.54, 1.807) is 31.5 Å². The van der Waals surface area contributed by atoms with Gasteiger partial charge in [-0.1, -0.05) is 11.2 Å². The summed E-state index contributed by atoms with van der Waals surface area (Å²) in [6.07, 6.45) is 3.43. The van der Waals surface area contributed by atoms with Crippen molar-refractivity contribution in [1.82, 2.24) is 20.0 Å². The molecule has 3 aromatic rings. The minimum Gasteiger partial charge on any atom is -0.339 e. The summed E-state index contributed by atoms with van der Waals surface area (Å²) in [6, 6.07) is 6.73. The van der Waals surface area contributed by atoms with Crippen LogP contribution in [0.25, 0.3) is 11.4 Å². The van der Waals surface area contributed by atoms with Crippen molar-refractivity contribution in [2.24, 2.45) is 0 Å². The fourth-order valence-electron chi connectivity index (χ4n) is 2.69. The first-order chi connectivity index (χ1) is 14.5. The van der Waals surface area contributed by atoms with Crippen LogP contribution in [-0.2, 0) is 16.0 Å². The number of para-hydroxylation sites is 1. The average molecular weight is 415 g/mol. The second-order valence-electron chi connectivity index (χ2n) is 6.30. The van der Waals surface area contributed by atoms with Crippen molar-refractivity contribution < 1.29 is 22.9 Å². The number of nitrogens with zero attached hydrogens (tertiary/aromatic N) is 4. The van der Waals surface area contributed by atoms with E-state index in [9.17, 15) is 18.4 Å². The molecule has 0 atom stereocenters. The van der Waals surface area contributed by atoms with Gasteiger partial charge in [-0.25, -0.2) is 8.78 Å². The standard InChI is InChI=1S/C20H19F2N5O3/c1-2-27(12-16(28)24-19-14(21)4-3-5-15(19)22)18(29)7-6-17-25-20(26-30-17)13-8-10-23-11-9-13/h3-5,8-11H,2,6-7,12H2,1H3,(H,24,28). The molecule has 1 N–H and O–H groups in total. The highest BCUT2D eigenvalue weighted by Gasteiger charge is 2.19. The Morgan fingerprint density at radius 2 is 1.83 bits per heavy atom. The predicted octanol–water partition coefficient (Wildman–Crippen LogP) is 2.83. The van der Waals surface area contributed by atoms with E-state index in [-0.39, 0.29) is 37.7 Å². The van der Waals surface area contributed by atoms with Crippen molar-refractivity contribution in [1.29, 1.82) is 0 Å². The highest BCUT2D eigenvalue weighted by Crippen LogP contribution is 2.18. The second-order valence-corrected chi connectivity index (χ2v) is 6.30. The molecule has 0 bridgehead atoms. The zero-order valence-corrected chi connectivity index (χ0v) is 16.1. The molecule has 8 nitrogen and oxygen atoms in total. The first-order valence-electron chi connectivity index (χ1n) is 9.22. The van der Waals surface area contributed by atoms with E-state index in [1.165, 1.54) is 11.0 Å². The number of aryl methyl sites for hydroxylation is 1. The lowest BCUT2D eigenvalue weighted by molar-refractivity contribution is -0.134. The van der Waals surface area contributed by atoms with Crippen LogP contribution < -0.4 is 5.32 Å². The van der Waals surface area contributed by atoms with E-state index in [4.69, 9.17) is 4.52 Å². The van der Waals surface area contributed by atoms with Crippen LogP contribution in [0.3, 0.4) is 0 Å². The molecule has 3 rings (SSSR count). The third-order valence-electron chi connectivity index (χ3n) is 4.26. The number of amides is 2. The predicted molar refractivity (Wildman–Crippen MR) is 103 cm³/mol. The van der Waals surface area contributed by atoms with Gasteiger partial charge in [-0.15, -0.1) is 0 Å². The number of aromatic nitrogens is 3. The van der Waals surface area contributed by atoms with Gasteiger partial charge >= 0.3 is 0 Å². The van der Waals surface area contributed by atoms with Gasteiger partial charge in [0.2, 0.25) is 23.5 Å². The summed E-state index contributed by atoms with van der Waals surface area (Å²) in [5, 5.41) is 6.03. The maximum absolute atomic E-state index is 13.7. The topological polar surface area (TPSA) is 101 Å². The van der Waals surface area contributed by atoms with E-state index in [2.05, 4.69) is 20.4 Å². The van der Waals surface area contributed by atoms with Crippen LogP contribution in [0.1, 0.15) is 19.2 Å². The van der Waals surface area contributed by atoms with Crippen LogP contribution in [0.15, 0.2) is 47.2 Å². The lowest BCUT2D eigenvalue weighted by atomic mass is 10.2. The molecule has 2 amide bonds. The number of rotatable bonds is 8. The highest BCUT2D eigenvalue weighted by atomic mass is 19.1. The normalized spacial score (nSPS) is 10.6. The monoisotopic (exact) mass is 415 g/mol. The lowest BCUT2D eigenvalue weighted by Gasteiger charge is -2.20. The van der Waals surface area contributed by atoms with Gasteiger partial charge in [-0.2, -0.15) is 4.98 Å². The van der Waals surface area contributed by atoms with E-state index in [0.717, 1.165) is 17.7 Å². The lowest BCUT2D eigenvalue weighted by Crippen LogP contribution is -2.38. The van der Waals surface area contributed by atoms with Crippen molar-refractivity contribution in [3.05, 3.63) is 60.3 Å². The smallest absolute Gasteiger partial charge is 0.244 e. The summed E-state index contributed by atoms with van der Waals surface area (Å²) in [5.74, 6) is -2.14. The molecule has 0 saturated carbocycles. The minimum atomic E-state index is -0.890. The molecule has 0 aliphatic heterocycles. The summed E-state index contributed by atoms with van der Waals surface area (Å²) in [4.78, 5) is 34.0. The molecular formula is C20H19F2N5O3. The van der Waals surface area contributed by atoms with Gasteiger partial charge in [0, 0.05) is 37.3 Å². The maximum Gasteiger partial charge on any atom is 0.244 e. The first-order valence-corrected chi connectivity index (χ1v) is 9.22. The Labute approximate surface area is 170 Å². The van der Waals surface area contributed by atoms with Crippen LogP contribution in [0.5, 0.6) is 0 Å². The van der Waals surface area contributed by atoms with Gasteiger partial charge in [0.25, 0.3) is 0 Å². The molecule has 0 saturated heterocycles. The molecule has 0 aliphatic rings. The van der Waals surface area contributed by atoms with Crippen LogP contribution in [0, 0.1) is 11.6 Å². The summed E-state index contributed by atoms with van der Waals surface area (Å²) >= 11 is 0. The molecule has 0 radical (unpaired) electrons. The average Bonchev–Trinajstić information content (AvgIpc) is 3.23. The molecule has 1 aromatic carbocycles. The quantitative estimate of drug-likeness (QED) is 0.607. The van der Waals surface area contributed by atoms with Crippen LogP contribution in [-0.4, -0.2) is 44.9 Å². The number of halogens is 2. The van der Waals surface area contributed by atoms with E-state index in [0.29, 0.717) is 5.82 Å². The molecule has 10 heteroatoms. The fourth-order valence-corrected chi connectivity index (χ4v) is 2.69. The molecule has 0 aliphatic carbocycles. The maximum atomic E-state index is 13.7.